The average molecular weight is 398 g/mol. The van der Waals surface area contributed by atoms with Gasteiger partial charge in [0.2, 0.25) is 0 Å². The molecule has 2 rings (SSSR count). The van der Waals surface area contributed by atoms with Crippen LogP contribution in [0.2, 0.25) is 0 Å². The SMILES string of the molecule is COc1ccc(CC(OC2OC(C(=O)O)C(O)C(O)C2O)C(=O)C(C)C)cc1. The maximum atomic E-state index is 12.6. The fraction of sp³-hybridized carbons (Fsp3) is 0.579. The molecule has 0 spiro atoms. The molecule has 1 aromatic carbocycles. The van der Waals surface area contributed by atoms with Crippen LogP contribution < -0.4 is 4.74 Å². The first-order chi connectivity index (χ1) is 13.1. The second kappa shape index (κ2) is 9.44. The van der Waals surface area contributed by atoms with Gasteiger partial charge in [-0.15, -0.1) is 0 Å². The zero-order valence-electron chi connectivity index (χ0n) is 15.9. The number of benzene rings is 1. The van der Waals surface area contributed by atoms with Crippen LogP contribution in [0.25, 0.3) is 0 Å². The summed E-state index contributed by atoms with van der Waals surface area (Å²) in [5.74, 6) is -1.55. The van der Waals surface area contributed by atoms with Crippen LogP contribution in [0.4, 0.5) is 0 Å². The van der Waals surface area contributed by atoms with E-state index in [9.17, 15) is 24.9 Å². The summed E-state index contributed by atoms with van der Waals surface area (Å²) in [7, 11) is 1.53. The number of carbonyl (C=O) groups excluding carboxylic acids is 1. The van der Waals surface area contributed by atoms with Crippen LogP contribution in [0, 0.1) is 5.92 Å². The number of aliphatic hydroxyl groups excluding tert-OH is 3. The normalized spacial score (nSPS) is 28.8. The highest BCUT2D eigenvalue weighted by molar-refractivity contribution is 5.85. The highest BCUT2D eigenvalue weighted by Gasteiger charge is 2.48. The predicted octanol–water partition coefficient (Wildman–Crippen LogP) is -0.260. The molecular weight excluding hydrogens is 372 g/mol. The minimum atomic E-state index is -1.83. The van der Waals surface area contributed by atoms with E-state index in [0.29, 0.717) is 5.75 Å². The standard InChI is InChI=1S/C19H26O9/c1-9(2)13(20)12(8-10-4-6-11(26-3)7-5-10)27-19-16(23)14(21)15(22)17(28-19)18(24)25/h4-7,9,12,14-17,19,21-23H,8H2,1-3H3,(H,24,25). The molecule has 0 aromatic heterocycles. The van der Waals surface area contributed by atoms with Crippen molar-refractivity contribution in [1.82, 2.24) is 0 Å². The number of carboxylic acid groups (broad SMARTS) is 1. The number of ketones is 1. The second-order valence-electron chi connectivity index (χ2n) is 6.97. The van der Waals surface area contributed by atoms with E-state index in [2.05, 4.69) is 0 Å². The second-order valence-corrected chi connectivity index (χ2v) is 6.97. The van der Waals surface area contributed by atoms with Gasteiger partial charge in [-0.25, -0.2) is 4.79 Å². The van der Waals surface area contributed by atoms with Crippen molar-refractivity contribution in [3.63, 3.8) is 0 Å². The van der Waals surface area contributed by atoms with Crippen molar-refractivity contribution in [2.24, 2.45) is 5.92 Å². The quantitative estimate of drug-likeness (QED) is 0.466. The summed E-state index contributed by atoms with van der Waals surface area (Å²) in [6, 6.07) is 6.94. The lowest BCUT2D eigenvalue weighted by atomic mass is 9.96. The first-order valence-electron chi connectivity index (χ1n) is 8.90. The van der Waals surface area contributed by atoms with Crippen LogP contribution in [0.5, 0.6) is 5.75 Å². The fourth-order valence-corrected chi connectivity index (χ4v) is 2.89. The topological polar surface area (TPSA) is 143 Å². The Balaban J connectivity index is 2.20. The minimum absolute atomic E-state index is 0.143. The summed E-state index contributed by atoms with van der Waals surface area (Å²) < 4.78 is 15.8. The number of methoxy groups -OCH3 is 1. The molecule has 1 saturated heterocycles. The van der Waals surface area contributed by atoms with Crippen molar-refractivity contribution in [3.8, 4) is 5.75 Å². The number of hydrogen-bond donors (Lipinski definition) is 4. The Morgan fingerprint density at radius 1 is 1.07 bits per heavy atom. The van der Waals surface area contributed by atoms with Gasteiger partial charge in [-0.05, 0) is 17.7 Å². The maximum Gasteiger partial charge on any atom is 0.335 e. The average Bonchev–Trinajstić information content (AvgIpc) is 2.67. The molecule has 1 fully saturated rings. The van der Waals surface area contributed by atoms with Gasteiger partial charge in [0.15, 0.2) is 18.2 Å². The number of carbonyl (C=O) groups is 2. The molecule has 1 heterocycles. The number of rotatable bonds is 8. The van der Waals surface area contributed by atoms with E-state index in [1.165, 1.54) is 7.11 Å². The summed E-state index contributed by atoms with van der Waals surface area (Å²) >= 11 is 0. The Bertz CT molecular complexity index is 672. The summed E-state index contributed by atoms with van der Waals surface area (Å²) in [6.07, 6.45) is -9.63. The van der Waals surface area contributed by atoms with Gasteiger partial charge in [0.1, 0.15) is 30.2 Å². The Morgan fingerprint density at radius 3 is 2.18 bits per heavy atom. The molecule has 0 radical (unpaired) electrons. The number of aliphatic carboxylic acids is 1. The maximum absolute atomic E-state index is 12.6. The molecule has 0 saturated carbocycles. The molecule has 1 aliphatic heterocycles. The highest BCUT2D eigenvalue weighted by atomic mass is 16.7. The molecule has 0 aliphatic carbocycles. The van der Waals surface area contributed by atoms with Crippen LogP contribution in [-0.2, 0) is 25.5 Å². The van der Waals surface area contributed by atoms with Gasteiger partial charge in [0, 0.05) is 12.3 Å². The number of aliphatic hydroxyl groups is 3. The first kappa shape index (κ1) is 22.3. The summed E-state index contributed by atoms with van der Waals surface area (Å²) in [5.41, 5.74) is 0.750. The van der Waals surface area contributed by atoms with Gasteiger partial charge in [-0.1, -0.05) is 26.0 Å². The van der Waals surface area contributed by atoms with Crippen molar-refractivity contribution in [3.05, 3.63) is 29.8 Å². The van der Waals surface area contributed by atoms with E-state index in [1.807, 2.05) is 0 Å². The van der Waals surface area contributed by atoms with E-state index >= 15 is 0 Å². The van der Waals surface area contributed by atoms with Crippen molar-refractivity contribution >= 4 is 11.8 Å². The van der Waals surface area contributed by atoms with E-state index in [0.717, 1.165) is 5.56 Å². The number of Topliss-reactive ketones (excluding diaryl/α,β-unsaturated/α-hetero) is 1. The molecular formula is C19H26O9. The molecule has 1 aromatic rings. The molecule has 9 nitrogen and oxygen atoms in total. The van der Waals surface area contributed by atoms with Gasteiger partial charge >= 0.3 is 5.97 Å². The zero-order chi connectivity index (χ0) is 21.0. The van der Waals surface area contributed by atoms with Crippen LogP contribution in [0.1, 0.15) is 19.4 Å². The smallest absolute Gasteiger partial charge is 0.335 e. The number of hydrogen-bond acceptors (Lipinski definition) is 8. The van der Waals surface area contributed by atoms with E-state index in [1.54, 1.807) is 38.1 Å². The Morgan fingerprint density at radius 2 is 1.68 bits per heavy atom. The van der Waals surface area contributed by atoms with Crippen LogP contribution in [0.15, 0.2) is 24.3 Å². The summed E-state index contributed by atoms with van der Waals surface area (Å²) in [4.78, 5) is 23.8. The van der Waals surface area contributed by atoms with E-state index in [4.69, 9.17) is 19.3 Å². The van der Waals surface area contributed by atoms with Gasteiger partial charge in [0.25, 0.3) is 0 Å². The van der Waals surface area contributed by atoms with E-state index < -0.39 is 48.7 Å². The van der Waals surface area contributed by atoms with Crippen LogP contribution in [0.3, 0.4) is 0 Å². The Hall–Kier alpha value is -2.04. The predicted molar refractivity (Wildman–Crippen MR) is 95.7 cm³/mol. The van der Waals surface area contributed by atoms with Gasteiger partial charge in [0.05, 0.1) is 7.11 Å². The van der Waals surface area contributed by atoms with Crippen molar-refractivity contribution in [2.75, 3.05) is 7.11 Å². The molecule has 1 aliphatic rings. The first-order valence-corrected chi connectivity index (χ1v) is 8.90. The molecule has 6 atom stereocenters. The molecule has 9 heteroatoms. The highest BCUT2D eigenvalue weighted by Crippen LogP contribution is 2.25. The molecule has 156 valence electrons. The third kappa shape index (κ3) is 5.06. The number of ether oxygens (including phenoxy) is 3. The third-order valence-electron chi connectivity index (χ3n) is 4.58. The largest absolute Gasteiger partial charge is 0.497 e. The fourth-order valence-electron chi connectivity index (χ4n) is 2.89. The molecule has 28 heavy (non-hydrogen) atoms. The molecule has 0 amide bonds. The summed E-state index contributed by atoms with van der Waals surface area (Å²) in [5, 5.41) is 38.9. The third-order valence-corrected chi connectivity index (χ3v) is 4.58. The van der Waals surface area contributed by atoms with Crippen molar-refractivity contribution in [1.29, 1.82) is 0 Å². The zero-order valence-corrected chi connectivity index (χ0v) is 15.9. The molecule has 6 unspecified atom stereocenters. The Kier molecular flexibility index (Phi) is 7.50. The van der Waals surface area contributed by atoms with Crippen LogP contribution in [-0.4, -0.2) is 76.1 Å². The van der Waals surface area contributed by atoms with Crippen LogP contribution >= 0.6 is 0 Å². The van der Waals surface area contributed by atoms with E-state index in [-0.39, 0.29) is 12.2 Å². The van der Waals surface area contributed by atoms with Gasteiger partial charge in [-0.3, -0.25) is 4.79 Å². The molecule has 4 N–H and O–H groups in total. The molecule has 0 bridgehead atoms. The number of carboxylic acids is 1. The van der Waals surface area contributed by atoms with Gasteiger partial charge in [-0.2, -0.15) is 0 Å². The van der Waals surface area contributed by atoms with Crippen molar-refractivity contribution < 1.29 is 44.2 Å². The minimum Gasteiger partial charge on any atom is -0.497 e. The van der Waals surface area contributed by atoms with Crippen molar-refractivity contribution in [2.45, 2.75) is 57.1 Å². The Labute approximate surface area is 162 Å². The summed E-state index contributed by atoms with van der Waals surface area (Å²) in [6.45, 7) is 3.37. The lowest BCUT2D eigenvalue weighted by molar-refractivity contribution is -0.301. The monoisotopic (exact) mass is 398 g/mol. The lowest BCUT2D eigenvalue weighted by Gasteiger charge is -2.39. The lowest BCUT2D eigenvalue weighted by Crippen LogP contribution is -2.61. The van der Waals surface area contributed by atoms with Gasteiger partial charge < -0.3 is 34.6 Å².